The third kappa shape index (κ3) is 4.30. The predicted molar refractivity (Wildman–Crippen MR) is 85.2 cm³/mol. The first-order valence-corrected chi connectivity index (χ1v) is 9.84. The van der Waals surface area contributed by atoms with Gasteiger partial charge in [0.2, 0.25) is 19.3 Å². The molecule has 0 fully saturated rings. The monoisotopic (exact) mass is 443 g/mol. The first-order valence-electron chi connectivity index (χ1n) is 6.25. The fraction of sp³-hybridized carbons (Fsp3) is 0.250. The lowest BCUT2D eigenvalue weighted by molar-refractivity contribution is -0.137. The van der Waals surface area contributed by atoms with Crippen molar-refractivity contribution < 1.29 is 26.4 Å². The van der Waals surface area contributed by atoms with E-state index in [2.05, 4.69) is 31.4 Å². The molecule has 24 heavy (non-hydrogen) atoms. The van der Waals surface area contributed by atoms with Crippen LogP contribution in [-0.2, 0) is 16.0 Å². The second kappa shape index (κ2) is 7.15. The lowest BCUT2D eigenvalue weighted by Crippen LogP contribution is -2.18. The molecule has 0 bridgehead atoms. The number of rotatable bonds is 5. The van der Waals surface area contributed by atoms with Crippen molar-refractivity contribution in [2.24, 2.45) is 0 Å². The van der Waals surface area contributed by atoms with Gasteiger partial charge in [-0.05, 0) is 12.1 Å². The molecule has 0 unspecified atom stereocenters. The average Bonchev–Trinajstić information content (AvgIpc) is 2.95. The minimum Gasteiger partial charge on any atom is -0.296 e. The maximum atomic E-state index is 12.9. The van der Waals surface area contributed by atoms with Gasteiger partial charge in [0.25, 0.3) is 5.91 Å². The van der Waals surface area contributed by atoms with Crippen LogP contribution in [0, 0.1) is 0 Å². The maximum Gasteiger partial charge on any atom is 0.417 e. The Bertz CT molecular complexity index is 852. The van der Waals surface area contributed by atoms with Gasteiger partial charge in [0.05, 0.1) is 16.9 Å². The van der Waals surface area contributed by atoms with E-state index in [0.29, 0.717) is 11.3 Å². The highest BCUT2D eigenvalue weighted by atomic mass is 79.9. The van der Waals surface area contributed by atoms with Gasteiger partial charge < -0.3 is 0 Å². The van der Waals surface area contributed by atoms with Crippen LogP contribution in [0.15, 0.2) is 28.6 Å². The fourth-order valence-electron chi connectivity index (χ4n) is 1.67. The summed E-state index contributed by atoms with van der Waals surface area (Å²) in [6, 6.07) is 4.24. The van der Waals surface area contributed by atoms with Crippen molar-refractivity contribution >= 4 is 48.1 Å². The van der Waals surface area contributed by atoms with Gasteiger partial charge in [-0.3, -0.25) is 10.1 Å². The van der Waals surface area contributed by atoms with Gasteiger partial charge in [0.15, 0.2) is 0 Å². The molecule has 1 aromatic carbocycles. The van der Waals surface area contributed by atoms with Crippen LogP contribution in [0.4, 0.5) is 18.3 Å². The lowest BCUT2D eigenvalue weighted by atomic mass is 10.1. The molecule has 0 spiro atoms. The van der Waals surface area contributed by atoms with Crippen molar-refractivity contribution in [3.05, 3.63) is 35.4 Å². The highest BCUT2D eigenvalue weighted by Gasteiger charge is 2.35. The van der Waals surface area contributed by atoms with Gasteiger partial charge in [-0.1, -0.05) is 39.4 Å². The Morgan fingerprint density at radius 3 is 2.54 bits per heavy atom. The summed E-state index contributed by atoms with van der Waals surface area (Å²) in [5.41, 5.74) is -1.69. The average molecular weight is 444 g/mol. The van der Waals surface area contributed by atoms with E-state index in [9.17, 15) is 26.4 Å². The van der Waals surface area contributed by atoms with E-state index >= 15 is 0 Å². The molecule has 0 saturated heterocycles. The van der Waals surface area contributed by atoms with E-state index in [-0.39, 0.29) is 20.6 Å². The van der Waals surface area contributed by atoms with E-state index in [0.717, 1.165) is 18.2 Å². The molecular weight excluding hydrogens is 435 g/mol. The molecule has 12 heteroatoms. The van der Waals surface area contributed by atoms with Crippen LogP contribution >= 0.6 is 27.3 Å². The Kier molecular flexibility index (Phi) is 5.60. The Hall–Kier alpha value is -1.53. The molecule has 0 aliphatic carbocycles. The summed E-state index contributed by atoms with van der Waals surface area (Å²) in [7, 11) is -3.65. The standard InChI is InChI=1S/C12H9BrF3N3O3S2/c13-5-6-24(21,22)11-19-18-10(23-11)17-9(20)7-3-1-2-4-8(7)12(14,15)16/h1-4H,5-6H2,(H,17,18,20). The number of alkyl halides is 4. The van der Waals surface area contributed by atoms with Crippen LogP contribution in [0.1, 0.15) is 15.9 Å². The van der Waals surface area contributed by atoms with Crippen LogP contribution < -0.4 is 5.32 Å². The van der Waals surface area contributed by atoms with Crippen molar-refractivity contribution in [3.63, 3.8) is 0 Å². The van der Waals surface area contributed by atoms with Crippen LogP contribution in [0.5, 0.6) is 0 Å². The molecule has 1 heterocycles. The number of hydrogen-bond donors (Lipinski definition) is 1. The van der Waals surface area contributed by atoms with E-state index in [1.807, 2.05) is 0 Å². The lowest BCUT2D eigenvalue weighted by Gasteiger charge is -2.11. The second-order valence-electron chi connectivity index (χ2n) is 4.38. The number of amides is 1. The molecule has 6 nitrogen and oxygen atoms in total. The van der Waals surface area contributed by atoms with Gasteiger partial charge in [-0.2, -0.15) is 13.2 Å². The number of nitrogens with zero attached hydrogens (tertiary/aromatic N) is 2. The third-order valence-electron chi connectivity index (χ3n) is 2.72. The zero-order valence-corrected chi connectivity index (χ0v) is 14.9. The van der Waals surface area contributed by atoms with Crippen LogP contribution in [0.2, 0.25) is 0 Å². The van der Waals surface area contributed by atoms with Gasteiger partial charge in [-0.25, -0.2) is 8.42 Å². The Labute approximate surface area is 147 Å². The maximum absolute atomic E-state index is 12.9. The molecule has 1 aromatic heterocycles. The number of carbonyl (C=O) groups is 1. The molecule has 0 atom stereocenters. The molecule has 130 valence electrons. The number of anilines is 1. The minimum absolute atomic E-state index is 0.190. The van der Waals surface area contributed by atoms with Crippen molar-refractivity contribution in [1.29, 1.82) is 0 Å². The fourth-order valence-corrected chi connectivity index (χ4v) is 4.96. The summed E-state index contributed by atoms with van der Waals surface area (Å²) < 4.78 is 62.0. The Morgan fingerprint density at radius 1 is 1.25 bits per heavy atom. The number of carbonyl (C=O) groups excluding carboxylic acids is 1. The molecule has 0 aliphatic rings. The van der Waals surface area contributed by atoms with Crippen LogP contribution in [0.25, 0.3) is 0 Å². The van der Waals surface area contributed by atoms with Crippen molar-refractivity contribution in [2.45, 2.75) is 10.5 Å². The molecule has 0 saturated carbocycles. The van der Waals surface area contributed by atoms with Crippen LogP contribution in [0.3, 0.4) is 0 Å². The van der Waals surface area contributed by atoms with E-state index in [4.69, 9.17) is 0 Å². The highest BCUT2D eigenvalue weighted by molar-refractivity contribution is 9.09. The summed E-state index contributed by atoms with van der Waals surface area (Å²) in [6.45, 7) is 0. The number of sulfone groups is 1. The zero-order valence-electron chi connectivity index (χ0n) is 11.7. The summed E-state index contributed by atoms with van der Waals surface area (Å²) in [6.07, 6.45) is -4.70. The van der Waals surface area contributed by atoms with E-state index in [1.54, 1.807) is 0 Å². The predicted octanol–water partition coefficient (Wildman–Crippen LogP) is 2.98. The number of nitrogens with one attached hydrogen (secondary N) is 1. The van der Waals surface area contributed by atoms with Gasteiger partial charge in [0, 0.05) is 5.33 Å². The largest absolute Gasteiger partial charge is 0.417 e. The Morgan fingerprint density at radius 2 is 1.92 bits per heavy atom. The topological polar surface area (TPSA) is 89.0 Å². The zero-order chi connectivity index (χ0) is 18.0. The molecule has 0 radical (unpaired) electrons. The second-order valence-corrected chi connectivity index (χ2v) is 8.43. The SMILES string of the molecule is O=C(Nc1nnc(S(=O)(=O)CCBr)s1)c1ccccc1C(F)(F)F. The molecule has 2 aromatic rings. The Balaban J connectivity index is 2.25. The number of halogens is 4. The van der Waals surface area contributed by atoms with E-state index in [1.165, 1.54) is 6.07 Å². The van der Waals surface area contributed by atoms with Gasteiger partial charge >= 0.3 is 6.18 Å². The summed E-state index contributed by atoms with van der Waals surface area (Å²) in [4.78, 5) is 12.0. The summed E-state index contributed by atoms with van der Waals surface area (Å²) >= 11 is 3.56. The normalized spacial score (nSPS) is 12.2. The molecule has 1 N–H and O–H groups in total. The van der Waals surface area contributed by atoms with Gasteiger partial charge in [0.1, 0.15) is 0 Å². The third-order valence-corrected chi connectivity index (χ3v) is 6.64. The molecule has 1 amide bonds. The van der Waals surface area contributed by atoms with Gasteiger partial charge in [-0.15, -0.1) is 10.2 Å². The summed E-state index contributed by atoms with van der Waals surface area (Å²) in [5.74, 6) is -1.27. The first-order chi connectivity index (χ1) is 11.1. The van der Waals surface area contributed by atoms with Crippen molar-refractivity contribution in [1.82, 2.24) is 10.2 Å². The molecule has 2 rings (SSSR count). The number of aromatic nitrogens is 2. The van der Waals surface area contributed by atoms with Crippen molar-refractivity contribution in [2.75, 3.05) is 16.4 Å². The minimum atomic E-state index is -4.70. The number of hydrogen-bond acceptors (Lipinski definition) is 6. The highest BCUT2D eigenvalue weighted by Crippen LogP contribution is 2.32. The molecule has 0 aliphatic heterocycles. The summed E-state index contributed by atoms with van der Waals surface area (Å²) in [5, 5.41) is 9.05. The quantitative estimate of drug-likeness (QED) is 0.566. The smallest absolute Gasteiger partial charge is 0.296 e. The first kappa shape index (κ1) is 18.8. The molecular formula is C12H9BrF3N3O3S2. The van der Waals surface area contributed by atoms with Crippen LogP contribution in [-0.4, -0.2) is 35.6 Å². The van der Waals surface area contributed by atoms with E-state index < -0.39 is 33.0 Å². The number of benzene rings is 1. The van der Waals surface area contributed by atoms with Crippen molar-refractivity contribution in [3.8, 4) is 0 Å².